The third kappa shape index (κ3) is 18.9. The van der Waals surface area contributed by atoms with Gasteiger partial charge in [-0.3, -0.25) is 56.9 Å². The lowest BCUT2D eigenvalue weighted by molar-refractivity contribution is -0.140. The zero-order valence-electron chi connectivity index (χ0n) is 37.0. The number of phenols is 1. The Hall–Kier alpha value is -6.66. The zero-order chi connectivity index (χ0) is 49.2. The van der Waals surface area contributed by atoms with Crippen LogP contribution in [0.15, 0.2) is 24.3 Å². The van der Waals surface area contributed by atoms with Crippen LogP contribution < -0.4 is 54.4 Å². The number of hydrogen-bond donors (Lipinski definition) is 11. The summed E-state index contributed by atoms with van der Waals surface area (Å²) in [6, 6.07) is -1.88. The van der Waals surface area contributed by atoms with E-state index in [1.54, 1.807) is 13.8 Å². The van der Waals surface area contributed by atoms with E-state index in [0.717, 1.165) is 4.90 Å². The number of likely N-dealkylation sites (N-methyl/N-ethyl adjacent to an activating group) is 1. The lowest BCUT2D eigenvalue weighted by Gasteiger charge is -2.30. The molecule has 0 aromatic heterocycles. The number of nitrogens with two attached hydrogens (primary N) is 3. The van der Waals surface area contributed by atoms with Crippen molar-refractivity contribution in [2.24, 2.45) is 23.1 Å². The molecule has 14 N–H and O–H groups in total. The molecule has 1 heterocycles. The number of hydrogen-bond acceptors (Lipinski definition) is 13. The highest BCUT2D eigenvalue weighted by Crippen LogP contribution is 2.15. The quantitative estimate of drug-likeness (QED) is 0.0741. The van der Waals surface area contributed by atoms with Gasteiger partial charge in [0.15, 0.2) is 0 Å². The Morgan fingerprint density at radius 3 is 2.02 bits per heavy atom. The van der Waals surface area contributed by atoms with Gasteiger partial charge in [0, 0.05) is 48.6 Å². The number of nitrogens with zero attached hydrogens (tertiary/aromatic N) is 1. The van der Waals surface area contributed by atoms with Gasteiger partial charge in [0.2, 0.25) is 65.0 Å². The zero-order valence-corrected chi connectivity index (χ0v) is 37.8. The fraction of sp³-hybridized carbons (Fsp3) is 0.575. The fourth-order valence-electron chi connectivity index (χ4n) is 6.28. The number of carbonyl (C=O) groups is 11. The van der Waals surface area contributed by atoms with Crippen LogP contribution >= 0.6 is 0 Å². The van der Waals surface area contributed by atoms with Crippen molar-refractivity contribution in [3.63, 3.8) is 0 Å². The van der Waals surface area contributed by atoms with Gasteiger partial charge in [0.05, 0.1) is 19.5 Å². The first-order valence-electron chi connectivity index (χ1n) is 20.7. The van der Waals surface area contributed by atoms with Crippen molar-refractivity contribution in [3.05, 3.63) is 29.8 Å². The predicted molar refractivity (Wildman–Crippen MR) is 232 cm³/mol. The van der Waals surface area contributed by atoms with Crippen LogP contribution in [-0.4, -0.2) is 147 Å². The van der Waals surface area contributed by atoms with Crippen LogP contribution in [0.2, 0.25) is 0 Å². The highest BCUT2D eigenvalue weighted by Gasteiger charge is 2.36. The van der Waals surface area contributed by atoms with E-state index < -0.39 is 150 Å². The van der Waals surface area contributed by atoms with Crippen molar-refractivity contribution in [3.8, 4) is 5.75 Å². The topological polar surface area (TPSA) is 391 Å². The molecule has 7 atom stereocenters. The van der Waals surface area contributed by atoms with Crippen LogP contribution in [0.25, 0.3) is 0 Å². The average molecular weight is 936 g/mol. The summed E-state index contributed by atoms with van der Waals surface area (Å²) in [5.74, 6) is -11.3. The van der Waals surface area contributed by atoms with Crippen molar-refractivity contribution in [1.82, 2.24) is 42.1 Å². The van der Waals surface area contributed by atoms with Crippen molar-refractivity contribution in [1.29, 1.82) is 0 Å². The Bertz CT molecular complexity index is 1980. The number of phenolic OH excluding ortho intramolecular Hbond substituents is 1. The summed E-state index contributed by atoms with van der Waals surface area (Å²) in [5.41, 5.74) is 14.8. The fourth-order valence-corrected chi connectivity index (χ4v) is 7.39. The van der Waals surface area contributed by atoms with E-state index in [-0.39, 0.29) is 36.5 Å². The number of nitrogens with one attached hydrogen (secondary N) is 7. The van der Waals surface area contributed by atoms with Gasteiger partial charge < -0.3 is 64.4 Å². The Balaban J connectivity index is 2.58. The molecule has 25 heteroatoms. The van der Waals surface area contributed by atoms with Gasteiger partial charge in [-0.05, 0) is 50.3 Å². The van der Waals surface area contributed by atoms with E-state index >= 15 is 0 Å². The molecule has 1 aliphatic rings. The van der Waals surface area contributed by atoms with Crippen LogP contribution in [0.3, 0.4) is 0 Å². The molecule has 1 aromatic rings. The molecule has 0 radical (unpaired) electrons. The molecule has 0 spiro atoms. The smallest absolute Gasteiger partial charge is 0.245 e. The molecule has 24 nitrogen and oxygen atoms in total. The summed E-state index contributed by atoms with van der Waals surface area (Å²) in [4.78, 5) is 144. The normalized spacial score (nSPS) is 22.3. The molecule has 11 amide bonds. The maximum Gasteiger partial charge on any atom is 0.245 e. The molecular weight excluding hydrogens is 875 g/mol. The lowest BCUT2D eigenvalue weighted by Crippen LogP contribution is -2.61. The van der Waals surface area contributed by atoms with Gasteiger partial charge in [-0.1, -0.05) is 32.4 Å². The Morgan fingerprint density at radius 1 is 0.831 bits per heavy atom. The van der Waals surface area contributed by atoms with Gasteiger partial charge >= 0.3 is 0 Å². The standard InChI is InChI=1S/C40H61N11O13S/c1-6-21(2)33-37(61)46-24(11-12-28(41)53)34(58)48-27(18-29(42)54)35(59)47-25(38(62)51(5)20-32(57)50-40(3,4)39(63)44-19-30(43)55)13-15-65(64)16-14-31(56)45-26(36(60)49-33)17-22-7-9-23(52)10-8-22/h7-10,21,24-27,33,52H,6,11-20H2,1-5H3,(H2,41,53)(H2,42,54)(H2,43,55)(H,44,63)(H,45,56)(H,46,61)(H,47,59)(H,48,58)(H,49,60)(H,50,57)/t21-,24-,25-,26-,27-,33-,65?/m0/s1. The van der Waals surface area contributed by atoms with E-state index in [1.807, 2.05) is 0 Å². The highest BCUT2D eigenvalue weighted by molar-refractivity contribution is 7.85. The predicted octanol–water partition coefficient (Wildman–Crippen LogP) is -4.96. The maximum absolute atomic E-state index is 14.0. The van der Waals surface area contributed by atoms with Crippen LogP contribution in [0.1, 0.15) is 71.8 Å². The molecule has 1 saturated heterocycles. The summed E-state index contributed by atoms with van der Waals surface area (Å²) in [5, 5.41) is 26.9. The highest BCUT2D eigenvalue weighted by atomic mass is 32.2. The first-order valence-corrected chi connectivity index (χ1v) is 22.1. The van der Waals surface area contributed by atoms with Gasteiger partial charge in [-0.25, -0.2) is 0 Å². The Labute approximate surface area is 377 Å². The summed E-state index contributed by atoms with van der Waals surface area (Å²) in [6.45, 7) is 4.79. The first-order chi connectivity index (χ1) is 30.3. The van der Waals surface area contributed by atoms with Crippen LogP contribution in [-0.2, 0) is 70.0 Å². The molecular formula is C40H61N11O13S. The first kappa shape index (κ1) is 54.5. The molecule has 0 aliphatic carbocycles. The van der Waals surface area contributed by atoms with Crippen molar-refractivity contribution in [2.45, 2.75) is 108 Å². The van der Waals surface area contributed by atoms with Crippen LogP contribution in [0, 0.1) is 5.92 Å². The summed E-state index contributed by atoms with van der Waals surface area (Å²) >= 11 is 0. The van der Waals surface area contributed by atoms with Gasteiger partial charge in [-0.2, -0.15) is 0 Å². The largest absolute Gasteiger partial charge is 0.508 e. The van der Waals surface area contributed by atoms with E-state index in [9.17, 15) is 62.1 Å². The summed E-state index contributed by atoms with van der Waals surface area (Å²) in [7, 11) is -0.684. The van der Waals surface area contributed by atoms with E-state index in [0.29, 0.717) is 12.0 Å². The SMILES string of the molecule is CC[C@H](C)[C@@H]1NC(=O)[C@H](Cc2ccc(O)cc2)NC(=O)CCS(=O)CC[C@@H](C(=O)N(C)CC(=O)NC(C)(C)C(=O)NCC(N)=O)NC(=O)[C@H](CC(N)=O)NC(=O)[C@H](CCC(N)=O)NC1=O. The van der Waals surface area contributed by atoms with Gasteiger partial charge in [-0.15, -0.1) is 0 Å². The minimum atomic E-state index is -1.86. The van der Waals surface area contributed by atoms with Gasteiger partial charge in [0.25, 0.3) is 0 Å². The monoisotopic (exact) mass is 935 g/mol. The molecule has 0 saturated carbocycles. The molecule has 1 aliphatic heterocycles. The van der Waals surface area contributed by atoms with Gasteiger partial charge in [0.1, 0.15) is 41.5 Å². The average Bonchev–Trinajstić information content (AvgIpc) is 3.22. The number of rotatable bonds is 16. The van der Waals surface area contributed by atoms with Crippen molar-refractivity contribution >= 4 is 75.8 Å². The molecule has 1 unspecified atom stereocenters. The molecule has 360 valence electrons. The third-order valence-electron chi connectivity index (χ3n) is 10.2. The molecule has 1 fully saturated rings. The summed E-state index contributed by atoms with van der Waals surface area (Å²) in [6.07, 6.45) is -2.26. The number of primary amides is 3. The molecule has 65 heavy (non-hydrogen) atoms. The maximum atomic E-state index is 14.0. The Morgan fingerprint density at radius 2 is 1.43 bits per heavy atom. The second-order valence-corrected chi connectivity index (χ2v) is 17.8. The van der Waals surface area contributed by atoms with E-state index in [1.165, 1.54) is 45.2 Å². The molecule has 0 bridgehead atoms. The van der Waals surface area contributed by atoms with Crippen LogP contribution in [0.4, 0.5) is 0 Å². The third-order valence-corrected chi connectivity index (χ3v) is 11.5. The van der Waals surface area contributed by atoms with E-state index in [2.05, 4.69) is 37.2 Å². The second-order valence-electron chi connectivity index (χ2n) is 16.1. The molecule has 1 aromatic carbocycles. The Kier molecular flexibility index (Phi) is 21.4. The molecule has 2 rings (SSSR count). The second kappa shape index (κ2) is 25.6. The number of aromatic hydroxyl groups is 1. The van der Waals surface area contributed by atoms with Crippen molar-refractivity contribution < 1.29 is 62.1 Å². The number of amides is 11. The number of carbonyl (C=O) groups excluding carboxylic acids is 11. The lowest BCUT2D eigenvalue weighted by atomic mass is 9.96. The number of benzene rings is 1. The minimum absolute atomic E-state index is 0.0596. The minimum Gasteiger partial charge on any atom is -0.508 e. The van der Waals surface area contributed by atoms with Crippen LogP contribution in [0.5, 0.6) is 5.75 Å². The van der Waals surface area contributed by atoms with Crippen molar-refractivity contribution in [2.75, 3.05) is 31.6 Å². The summed E-state index contributed by atoms with van der Waals surface area (Å²) < 4.78 is 13.3. The van der Waals surface area contributed by atoms with E-state index in [4.69, 9.17) is 17.2 Å².